The third-order valence-electron chi connectivity index (χ3n) is 7.83. The zero-order valence-electron chi connectivity index (χ0n) is 25.3. The topological polar surface area (TPSA) is 176 Å². The lowest BCUT2D eigenvalue weighted by Gasteiger charge is -2.29. The predicted molar refractivity (Wildman–Crippen MR) is 166 cm³/mol. The molecule has 3 heterocycles. The molecule has 4 rings (SSSR count). The number of hydrogen-bond donors (Lipinski definition) is 5. The fourth-order valence-electron chi connectivity index (χ4n) is 5.59. The maximum atomic E-state index is 13.9. The molecule has 3 atom stereocenters. The van der Waals surface area contributed by atoms with E-state index in [1.165, 1.54) is 40.5 Å². The molecule has 0 bridgehead atoms. The lowest BCUT2D eigenvalue weighted by molar-refractivity contribution is -0.274. The number of nitrogens with zero attached hydrogens (tertiary/aromatic N) is 1. The molecule has 254 valence electrons. The van der Waals surface area contributed by atoms with E-state index in [0.29, 0.717) is 22.8 Å². The highest BCUT2D eigenvalue weighted by atomic mass is 32.2. The van der Waals surface area contributed by atoms with Gasteiger partial charge in [0.25, 0.3) is 0 Å². The first-order valence-corrected chi connectivity index (χ1v) is 17.5. The van der Waals surface area contributed by atoms with Crippen LogP contribution >= 0.6 is 11.3 Å². The number of benzene rings is 1. The minimum atomic E-state index is -4.82. The van der Waals surface area contributed by atoms with Gasteiger partial charge in [0, 0.05) is 17.8 Å². The minimum Gasteiger partial charge on any atom is -0.406 e. The van der Waals surface area contributed by atoms with Crippen molar-refractivity contribution in [2.24, 2.45) is 11.7 Å². The van der Waals surface area contributed by atoms with Crippen molar-refractivity contribution >= 4 is 39.0 Å². The maximum absolute atomic E-state index is 13.9. The van der Waals surface area contributed by atoms with Gasteiger partial charge in [-0.3, -0.25) is 15.0 Å². The van der Waals surface area contributed by atoms with Crippen LogP contribution < -0.4 is 25.8 Å². The zero-order valence-corrected chi connectivity index (χ0v) is 26.9. The lowest BCUT2D eigenvalue weighted by Crippen LogP contribution is -2.53. The second-order valence-electron chi connectivity index (χ2n) is 11.5. The van der Waals surface area contributed by atoms with E-state index in [-0.39, 0.29) is 44.1 Å². The van der Waals surface area contributed by atoms with Gasteiger partial charge in [0.2, 0.25) is 21.8 Å². The normalized spacial score (nSPS) is 20.0. The Bertz CT molecular complexity index is 1460. The molecule has 2 aromatic rings. The van der Waals surface area contributed by atoms with Gasteiger partial charge >= 0.3 is 6.36 Å². The summed E-state index contributed by atoms with van der Waals surface area (Å²) in [6.07, 6.45) is -1.58. The SMILES string of the molecule is CS(=O)(=O)N[C@H](CCC1CCNCC1)C(=O)N1C[C@H](OCc2ccc(OC(F)(F)F)cc2)CC1C(=O)NCc1ccc(C(=N)N)s1. The first-order chi connectivity index (χ1) is 21.7. The molecule has 17 heteroatoms. The number of nitrogen functional groups attached to an aromatic ring is 1. The van der Waals surface area contributed by atoms with E-state index in [0.717, 1.165) is 37.1 Å². The quantitative estimate of drug-likeness (QED) is 0.149. The van der Waals surface area contributed by atoms with Crippen molar-refractivity contribution in [1.82, 2.24) is 20.3 Å². The Morgan fingerprint density at radius 2 is 1.87 bits per heavy atom. The third-order valence-corrected chi connectivity index (χ3v) is 9.66. The molecule has 46 heavy (non-hydrogen) atoms. The molecule has 2 aliphatic heterocycles. The number of ether oxygens (including phenoxy) is 2. The van der Waals surface area contributed by atoms with Crippen LogP contribution in [0.25, 0.3) is 0 Å². The zero-order chi connectivity index (χ0) is 33.5. The Hall–Kier alpha value is -3.25. The molecular formula is C29H39F3N6O6S2. The molecule has 1 aromatic carbocycles. The summed E-state index contributed by atoms with van der Waals surface area (Å²) in [7, 11) is -3.76. The summed E-state index contributed by atoms with van der Waals surface area (Å²) in [6.45, 7) is 1.85. The van der Waals surface area contributed by atoms with E-state index in [9.17, 15) is 31.2 Å². The van der Waals surface area contributed by atoms with Gasteiger partial charge < -0.3 is 30.7 Å². The van der Waals surface area contributed by atoms with Crippen LogP contribution in [-0.4, -0.2) is 81.4 Å². The summed E-state index contributed by atoms with van der Waals surface area (Å²) in [5.41, 5.74) is 6.09. The average molecular weight is 689 g/mol. The Labute approximate surface area is 269 Å². The van der Waals surface area contributed by atoms with E-state index < -0.39 is 46.4 Å². The van der Waals surface area contributed by atoms with Crippen molar-refractivity contribution in [2.45, 2.75) is 69.8 Å². The molecule has 2 fully saturated rings. The number of likely N-dealkylation sites (tertiary alicyclic amines) is 1. The van der Waals surface area contributed by atoms with Gasteiger partial charge in [0.05, 0.1) is 30.4 Å². The van der Waals surface area contributed by atoms with Crippen molar-refractivity contribution < 1.29 is 40.7 Å². The second-order valence-corrected chi connectivity index (χ2v) is 14.4. The number of carbonyl (C=O) groups is 2. The number of thiophene rings is 1. The smallest absolute Gasteiger partial charge is 0.406 e. The summed E-state index contributed by atoms with van der Waals surface area (Å²) in [5.74, 6) is -1.12. The molecule has 0 radical (unpaired) electrons. The van der Waals surface area contributed by atoms with Crippen molar-refractivity contribution in [3.63, 3.8) is 0 Å². The van der Waals surface area contributed by atoms with Gasteiger partial charge in [0.1, 0.15) is 23.7 Å². The molecular weight excluding hydrogens is 649 g/mol. The molecule has 2 saturated heterocycles. The van der Waals surface area contributed by atoms with E-state index in [2.05, 4.69) is 20.1 Å². The lowest BCUT2D eigenvalue weighted by atomic mass is 9.91. The first-order valence-electron chi connectivity index (χ1n) is 14.8. The van der Waals surface area contributed by atoms with Crippen molar-refractivity contribution in [3.8, 4) is 5.75 Å². The van der Waals surface area contributed by atoms with Crippen LogP contribution in [0, 0.1) is 11.3 Å². The number of rotatable bonds is 14. The molecule has 1 unspecified atom stereocenters. The number of nitrogens with two attached hydrogens (primary N) is 1. The number of alkyl halides is 3. The van der Waals surface area contributed by atoms with Crippen LogP contribution in [0.4, 0.5) is 13.2 Å². The molecule has 6 N–H and O–H groups in total. The summed E-state index contributed by atoms with van der Waals surface area (Å²) in [6, 6.07) is 6.56. The summed E-state index contributed by atoms with van der Waals surface area (Å²) in [5, 5.41) is 13.7. The van der Waals surface area contributed by atoms with Gasteiger partial charge in [-0.15, -0.1) is 24.5 Å². The largest absolute Gasteiger partial charge is 0.573 e. The highest BCUT2D eigenvalue weighted by molar-refractivity contribution is 7.88. The van der Waals surface area contributed by atoms with E-state index >= 15 is 0 Å². The Morgan fingerprint density at radius 3 is 2.48 bits per heavy atom. The van der Waals surface area contributed by atoms with Crippen LogP contribution in [0.15, 0.2) is 36.4 Å². The molecule has 2 amide bonds. The Morgan fingerprint density at radius 1 is 1.17 bits per heavy atom. The minimum absolute atomic E-state index is 0.00289. The monoisotopic (exact) mass is 688 g/mol. The van der Waals surface area contributed by atoms with Crippen molar-refractivity contribution in [2.75, 3.05) is 25.9 Å². The number of amidine groups is 1. The number of piperidine rings is 1. The second kappa shape index (κ2) is 15.6. The van der Waals surface area contributed by atoms with Crippen LogP contribution in [0.1, 0.15) is 47.4 Å². The third kappa shape index (κ3) is 10.9. The van der Waals surface area contributed by atoms with Crippen molar-refractivity contribution in [3.05, 3.63) is 51.7 Å². The molecule has 1 aromatic heterocycles. The van der Waals surface area contributed by atoms with Crippen molar-refractivity contribution in [1.29, 1.82) is 5.41 Å². The number of carbonyl (C=O) groups excluding carboxylic acids is 2. The van der Waals surface area contributed by atoms with E-state index in [1.807, 2.05) is 0 Å². The standard InChI is InChI=1S/C29H39F3N6O6S2/c1-46(41,42)37-23(8-4-18-10-12-35-13-11-18)28(40)38-16-21(43-17-19-2-5-20(6-3-19)44-29(30,31)32)14-24(38)27(39)36-15-22-7-9-25(45-22)26(33)34/h2-3,5-7,9,18,21,23-24,35,37H,4,8,10-17H2,1H3,(H3,33,34)(H,36,39)/t21-,23-,24?/m1/s1. The number of sulfonamides is 1. The van der Waals surface area contributed by atoms with Gasteiger partial charge in [-0.2, -0.15) is 0 Å². The number of halogens is 3. The van der Waals surface area contributed by atoms with Crippen LogP contribution in [0.3, 0.4) is 0 Å². The molecule has 0 aliphatic carbocycles. The summed E-state index contributed by atoms with van der Waals surface area (Å²) >= 11 is 1.25. The fraction of sp³-hybridized carbons (Fsp3) is 0.552. The van der Waals surface area contributed by atoms with E-state index in [1.54, 1.807) is 12.1 Å². The molecule has 2 aliphatic rings. The van der Waals surface area contributed by atoms with Gasteiger partial charge in [0.15, 0.2) is 0 Å². The predicted octanol–water partition coefficient (Wildman–Crippen LogP) is 2.43. The summed E-state index contributed by atoms with van der Waals surface area (Å²) in [4.78, 5) is 30.1. The van der Waals surface area contributed by atoms with Gasteiger partial charge in [-0.25, -0.2) is 13.1 Å². The summed E-state index contributed by atoms with van der Waals surface area (Å²) < 4.78 is 74.4. The van der Waals surface area contributed by atoms with E-state index in [4.69, 9.17) is 15.9 Å². The van der Waals surface area contributed by atoms with Crippen LogP contribution in [-0.2, 0) is 37.5 Å². The Balaban J connectivity index is 1.47. The first kappa shape index (κ1) is 35.6. The average Bonchev–Trinajstić information content (AvgIpc) is 3.64. The highest BCUT2D eigenvalue weighted by Crippen LogP contribution is 2.27. The van der Waals surface area contributed by atoms with Gasteiger partial charge in [-0.1, -0.05) is 12.1 Å². The molecule has 0 saturated carbocycles. The number of amides is 2. The van der Waals surface area contributed by atoms with Gasteiger partial charge in [-0.05, 0) is 74.5 Å². The van der Waals surface area contributed by atoms with Crippen LogP contribution in [0.5, 0.6) is 5.75 Å². The Kier molecular flexibility index (Phi) is 12.0. The molecule has 0 spiro atoms. The number of hydrogen-bond acceptors (Lipinski definition) is 9. The fourth-order valence-corrected chi connectivity index (χ4v) is 7.13. The van der Waals surface area contributed by atoms with Crippen LogP contribution in [0.2, 0.25) is 0 Å². The highest BCUT2D eigenvalue weighted by Gasteiger charge is 2.43. The number of nitrogens with one attached hydrogen (secondary N) is 4. The maximum Gasteiger partial charge on any atom is 0.573 e. The molecule has 12 nitrogen and oxygen atoms in total.